The average molecular weight is 340 g/mol. The zero-order valence-corrected chi connectivity index (χ0v) is 13.9. The number of nitrogens with one attached hydrogen (secondary N) is 1. The highest BCUT2D eigenvalue weighted by molar-refractivity contribution is 7.88. The van der Waals surface area contributed by atoms with E-state index in [1.165, 1.54) is 10.6 Å². The highest BCUT2D eigenvalue weighted by Crippen LogP contribution is 2.25. The monoisotopic (exact) mass is 339 g/mol. The van der Waals surface area contributed by atoms with E-state index in [0.717, 1.165) is 23.6 Å². The second-order valence-corrected chi connectivity index (χ2v) is 7.96. The average Bonchev–Trinajstić information content (AvgIpc) is 2.47. The first kappa shape index (κ1) is 15.5. The van der Waals surface area contributed by atoms with E-state index in [4.69, 9.17) is 11.6 Å². The molecule has 5 nitrogen and oxygen atoms in total. The summed E-state index contributed by atoms with van der Waals surface area (Å²) >= 11 is 6.22. The Bertz CT molecular complexity index is 794. The lowest BCUT2D eigenvalue weighted by Gasteiger charge is -2.31. The van der Waals surface area contributed by atoms with Crippen molar-refractivity contribution in [3.05, 3.63) is 35.5 Å². The van der Waals surface area contributed by atoms with E-state index in [9.17, 15) is 8.42 Å². The Morgan fingerprint density at radius 1 is 1.36 bits per heavy atom. The van der Waals surface area contributed by atoms with Crippen LogP contribution >= 0.6 is 11.6 Å². The van der Waals surface area contributed by atoms with Crippen molar-refractivity contribution < 1.29 is 8.42 Å². The minimum Gasteiger partial charge on any atom is -0.366 e. The number of rotatable bonds is 3. The maximum absolute atomic E-state index is 11.7. The van der Waals surface area contributed by atoms with Gasteiger partial charge in [-0.3, -0.25) is 0 Å². The van der Waals surface area contributed by atoms with Crippen LogP contribution in [0.25, 0.3) is 10.8 Å². The number of hydrogen-bond acceptors (Lipinski definition) is 4. The number of halogens is 1. The number of aromatic nitrogens is 1. The molecule has 0 spiro atoms. The summed E-state index contributed by atoms with van der Waals surface area (Å²) in [5.74, 6) is 0.684. The van der Waals surface area contributed by atoms with Crippen molar-refractivity contribution in [1.29, 1.82) is 0 Å². The maximum atomic E-state index is 11.7. The van der Waals surface area contributed by atoms with Crippen LogP contribution in [0, 0.1) is 0 Å². The molecule has 0 radical (unpaired) electrons. The summed E-state index contributed by atoms with van der Waals surface area (Å²) in [6.45, 7) is 1.05. The topological polar surface area (TPSA) is 62.3 Å². The van der Waals surface area contributed by atoms with E-state index in [1.54, 1.807) is 0 Å². The summed E-state index contributed by atoms with van der Waals surface area (Å²) < 4.78 is 24.9. The van der Waals surface area contributed by atoms with Gasteiger partial charge in [-0.2, -0.15) is 0 Å². The molecule has 1 saturated heterocycles. The molecular formula is C15H18ClN3O2S. The lowest BCUT2D eigenvalue weighted by molar-refractivity contribution is 0.329. The number of hydrogen-bond donors (Lipinski definition) is 1. The fourth-order valence-corrected chi connectivity index (χ4v) is 3.98. The number of pyridine rings is 1. The Kier molecular flexibility index (Phi) is 4.25. The Balaban J connectivity index is 1.81. The molecule has 1 atom stereocenters. The van der Waals surface area contributed by atoms with Gasteiger partial charge >= 0.3 is 0 Å². The molecule has 118 valence electrons. The Morgan fingerprint density at radius 3 is 2.91 bits per heavy atom. The van der Waals surface area contributed by atoms with E-state index in [-0.39, 0.29) is 6.04 Å². The Labute approximate surface area is 135 Å². The van der Waals surface area contributed by atoms with Crippen molar-refractivity contribution in [1.82, 2.24) is 9.29 Å². The first-order valence-electron chi connectivity index (χ1n) is 7.20. The van der Waals surface area contributed by atoms with Crippen LogP contribution in [0.2, 0.25) is 5.15 Å². The van der Waals surface area contributed by atoms with Crippen molar-refractivity contribution in [2.75, 3.05) is 24.7 Å². The van der Waals surface area contributed by atoms with Gasteiger partial charge in [-0.25, -0.2) is 17.7 Å². The maximum Gasteiger partial charge on any atom is 0.211 e. The highest BCUT2D eigenvalue weighted by atomic mass is 35.5. The van der Waals surface area contributed by atoms with E-state index in [0.29, 0.717) is 24.1 Å². The molecule has 22 heavy (non-hydrogen) atoms. The molecule has 2 aromatic rings. The van der Waals surface area contributed by atoms with Gasteiger partial charge in [0, 0.05) is 24.5 Å². The molecule has 0 aliphatic carbocycles. The zero-order chi connectivity index (χ0) is 15.7. The molecule has 0 saturated carbocycles. The molecular weight excluding hydrogens is 322 g/mol. The zero-order valence-electron chi connectivity index (χ0n) is 12.3. The van der Waals surface area contributed by atoms with Gasteiger partial charge in [-0.1, -0.05) is 35.9 Å². The van der Waals surface area contributed by atoms with Gasteiger partial charge in [0.1, 0.15) is 11.0 Å². The molecule has 0 bridgehead atoms. The van der Waals surface area contributed by atoms with Gasteiger partial charge in [0.05, 0.1) is 6.26 Å². The molecule has 1 aromatic carbocycles. The summed E-state index contributed by atoms with van der Waals surface area (Å²) in [5, 5.41) is 5.70. The summed E-state index contributed by atoms with van der Waals surface area (Å²) in [6.07, 6.45) is 3.00. The molecule has 0 unspecified atom stereocenters. The van der Waals surface area contributed by atoms with Gasteiger partial charge in [0.15, 0.2) is 0 Å². The normalized spacial score (nSPS) is 20.2. The van der Waals surface area contributed by atoms with Crippen LogP contribution in [0.1, 0.15) is 12.8 Å². The minimum absolute atomic E-state index is 0.0493. The summed E-state index contributed by atoms with van der Waals surface area (Å²) in [4.78, 5) is 4.37. The number of anilines is 1. The first-order chi connectivity index (χ1) is 10.4. The van der Waals surface area contributed by atoms with Gasteiger partial charge < -0.3 is 5.32 Å². The predicted molar refractivity (Wildman–Crippen MR) is 89.8 cm³/mol. The molecule has 3 rings (SSSR count). The molecule has 2 heterocycles. The van der Waals surface area contributed by atoms with Crippen molar-refractivity contribution >= 4 is 38.2 Å². The van der Waals surface area contributed by atoms with Crippen molar-refractivity contribution in [2.24, 2.45) is 0 Å². The highest BCUT2D eigenvalue weighted by Gasteiger charge is 2.26. The second kappa shape index (κ2) is 6.02. The van der Waals surface area contributed by atoms with Crippen LogP contribution in [0.5, 0.6) is 0 Å². The number of sulfonamides is 1. The number of nitrogens with zero attached hydrogens (tertiary/aromatic N) is 2. The molecule has 1 fully saturated rings. The van der Waals surface area contributed by atoms with E-state index in [1.807, 2.05) is 30.3 Å². The van der Waals surface area contributed by atoms with Gasteiger partial charge in [-0.05, 0) is 24.3 Å². The molecule has 7 heteroatoms. The van der Waals surface area contributed by atoms with Crippen molar-refractivity contribution in [3.8, 4) is 0 Å². The lowest BCUT2D eigenvalue weighted by Crippen LogP contribution is -2.44. The second-order valence-electron chi connectivity index (χ2n) is 5.62. The summed E-state index contributed by atoms with van der Waals surface area (Å²) in [5.41, 5.74) is 0. The largest absolute Gasteiger partial charge is 0.366 e. The standard InChI is InChI=1S/C15H18ClN3O2S/c1-22(20,21)19-8-4-6-12(10-19)17-14-9-11-5-2-3-7-13(11)15(16)18-14/h2-3,5,7,9,12H,4,6,8,10H2,1H3,(H,17,18)/t12-/m0/s1. The molecule has 0 amide bonds. The number of fused-ring (bicyclic) bond motifs is 1. The minimum atomic E-state index is -3.15. The van der Waals surface area contributed by atoms with Crippen LogP contribution in [0.3, 0.4) is 0 Å². The van der Waals surface area contributed by atoms with Crippen LogP contribution in [-0.2, 0) is 10.0 Å². The SMILES string of the molecule is CS(=O)(=O)N1CCC[C@H](Nc2cc3ccccc3c(Cl)n2)C1. The van der Waals surface area contributed by atoms with E-state index in [2.05, 4.69) is 10.3 Å². The fourth-order valence-electron chi connectivity index (χ4n) is 2.80. The molecule has 1 aromatic heterocycles. The van der Waals surface area contributed by atoms with Gasteiger partial charge in [0.2, 0.25) is 10.0 Å². The first-order valence-corrected chi connectivity index (χ1v) is 9.43. The number of benzene rings is 1. The van der Waals surface area contributed by atoms with Gasteiger partial charge in [-0.15, -0.1) is 0 Å². The van der Waals surface area contributed by atoms with E-state index >= 15 is 0 Å². The summed E-state index contributed by atoms with van der Waals surface area (Å²) in [7, 11) is -3.15. The van der Waals surface area contributed by atoms with Crippen LogP contribution in [-0.4, -0.2) is 43.1 Å². The smallest absolute Gasteiger partial charge is 0.211 e. The Morgan fingerprint density at radius 2 is 2.14 bits per heavy atom. The van der Waals surface area contributed by atoms with Crippen LogP contribution in [0.4, 0.5) is 5.82 Å². The van der Waals surface area contributed by atoms with E-state index < -0.39 is 10.0 Å². The fraction of sp³-hybridized carbons (Fsp3) is 0.400. The lowest BCUT2D eigenvalue weighted by atomic mass is 10.1. The summed E-state index contributed by atoms with van der Waals surface area (Å²) in [6, 6.07) is 9.79. The Hall–Kier alpha value is -1.37. The quantitative estimate of drug-likeness (QED) is 0.873. The third-order valence-electron chi connectivity index (χ3n) is 3.90. The number of piperidine rings is 1. The third kappa shape index (κ3) is 3.34. The predicted octanol–water partition coefficient (Wildman–Crippen LogP) is 2.72. The molecule has 1 aliphatic rings. The van der Waals surface area contributed by atoms with Crippen molar-refractivity contribution in [3.63, 3.8) is 0 Å². The van der Waals surface area contributed by atoms with Gasteiger partial charge in [0.25, 0.3) is 0 Å². The van der Waals surface area contributed by atoms with Crippen LogP contribution in [0.15, 0.2) is 30.3 Å². The van der Waals surface area contributed by atoms with Crippen molar-refractivity contribution in [2.45, 2.75) is 18.9 Å². The molecule has 1 aliphatic heterocycles. The molecule has 1 N–H and O–H groups in total. The third-order valence-corrected chi connectivity index (χ3v) is 5.46. The van der Waals surface area contributed by atoms with Crippen LogP contribution < -0.4 is 5.32 Å².